The lowest BCUT2D eigenvalue weighted by atomic mass is 10.2. The first-order valence-corrected chi connectivity index (χ1v) is 5.73. The van der Waals surface area contributed by atoms with Gasteiger partial charge in [0, 0.05) is 6.61 Å². The van der Waals surface area contributed by atoms with Gasteiger partial charge in [-0.1, -0.05) is 26.8 Å². The van der Waals surface area contributed by atoms with Crippen LogP contribution in [0, 0.1) is 5.92 Å². The van der Waals surface area contributed by atoms with Gasteiger partial charge in [0.1, 0.15) is 0 Å². The van der Waals surface area contributed by atoms with Crippen molar-refractivity contribution in [2.45, 2.75) is 26.3 Å². The van der Waals surface area contributed by atoms with E-state index in [-0.39, 0.29) is 0 Å². The van der Waals surface area contributed by atoms with Crippen molar-refractivity contribution in [3.8, 4) is 0 Å². The summed E-state index contributed by atoms with van der Waals surface area (Å²) in [5, 5.41) is 0. The zero-order chi connectivity index (χ0) is 10.1. The van der Waals surface area contributed by atoms with E-state index in [1.165, 1.54) is 0 Å². The fourth-order valence-corrected chi connectivity index (χ4v) is 1.22. The van der Waals surface area contributed by atoms with Crippen molar-refractivity contribution in [3.63, 3.8) is 0 Å². The van der Waals surface area contributed by atoms with E-state index in [4.69, 9.17) is 9.16 Å². The summed E-state index contributed by atoms with van der Waals surface area (Å²) in [6.45, 7) is 12.3. The third-order valence-corrected chi connectivity index (χ3v) is 2.38. The van der Waals surface area contributed by atoms with Crippen LogP contribution in [0.2, 0.25) is 5.54 Å². The van der Waals surface area contributed by atoms with E-state index in [2.05, 4.69) is 27.4 Å². The molecule has 0 aliphatic rings. The minimum Gasteiger partial charge on any atom is -0.414 e. The van der Waals surface area contributed by atoms with Gasteiger partial charge < -0.3 is 9.16 Å². The zero-order valence-electron chi connectivity index (χ0n) is 8.88. The van der Waals surface area contributed by atoms with Crippen molar-refractivity contribution < 1.29 is 9.16 Å². The molecule has 0 saturated carbocycles. The van der Waals surface area contributed by atoms with Gasteiger partial charge in [-0.05, 0) is 11.5 Å². The van der Waals surface area contributed by atoms with Gasteiger partial charge >= 0.3 is 0 Å². The molecule has 0 rings (SSSR count). The molecule has 1 atom stereocenters. The maximum atomic E-state index is 5.40. The van der Waals surface area contributed by atoms with Gasteiger partial charge in [0.15, 0.2) is 0 Å². The molecule has 0 aromatic heterocycles. The normalized spacial score (nSPS) is 13.2. The lowest BCUT2D eigenvalue weighted by molar-refractivity contribution is 0.0827. The predicted octanol–water partition coefficient (Wildman–Crippen LogP) is 2.29. The van der Waals surface area contributed by atoms with E-state index in [1.807, 2.05) is 6.08 Å². The Balaban J connectivity index is 3.03. The van der Waals surface area contributed by atoms with Gasteiger partial charge in [0.05, 0.1) is 13.2 Å². The fourth-order valence-electron chi connectivity index (χ4n) is 0.658. The van der Waals surface area contributed by atoms with Crippen LogP contribution >= 0.6 is 0 Å². The standard InChI is InChI=1S/C10H20O2Si/c1-5-10(4)13-12-7-6-11-8-9(2)3/h5,9-10H,1,6-8H2,2-4H3. The molecule has 13 heavy (non-hydrogen) atoms. The molecule has 0 aromatic rings. The smallest absolute Gasteiger partial charge is 0.237 e. The van der Waals surface area contributed by atoms with Crippen LogP contribution in [0.4, 0.5) is 0 Å². The van der Waals surface area contributed by atoms with Gasteiger partial charge in [-0.3, -0.25) is 0 Å². The van der Waals surface area contributed by atoms with E-state index < -0.39 is 0 Å². The summed E-state index contributed by atoms with van der Waals surface area (Å²) in [5.41, 5.74) is 0.463. The van der Waals surface area contributed by atoms with E-state index in [1.54, 1.807) is 0 Å². The Labute approximate surface area is 84.3 Å². The van der Waals surface area contributed by atoms with Crippen LogP contribution in [0.3, 0.4) is 0 Å². The maximum Gasteiger partial charge on any atom is 0.237 e. The Morgan fingerprint density at radius 1 is 1.31 bits per heavy atom. The summed E-state index contributed by atoms with van der Waals surface area (Å²) in [4.78, 5) is 0. The third-order valence-electron chi connectivity index (χ3n) is 1.40. The highest BCUT2D eigenvalue weighted by Gasteiger charge is 1.99. The largest absolute Gasteiger partial charge is 0.414 e. The summed E-state index contributed by atoms with van der Waals surface area (Å²) < 4.78 is 10.8. The lowest BCUT2D eigenvalue weighted by Crippen LogP contribution is -2.11. The summed E-state index contributed by atoms with van der Waals surface area (Å²) in [5.74, 6) is 0.606. The molecule has 0 fully saturated rings. The molecule has 0 aromatic carbocycles. The van der Waals surface area contributed by atoms with Gasteiger partial charge in [-0.15, -0.1) is 6.58 Å². The highest BCUT2D eigenvalue weighted by Crippen LogP contribution is 2.00. The lowest BCUT2D eigenvalue weighted by Gasteiger charge is -2.08. The molecule has 1 unspecified atom stereocenters. The summed E-state index contributed by atoms with van der Waals surface area (Å²) in [7, 11) is 0.514. The molecular formula is C10H20O2Si. The second-order valence-corrected chi connectivity index (χ2v) is 4.89. The molecule has 0 saturated heterocycles. The first kappa shape index (κ1) is 12.9. The van der Waals surface area contributed by atoms with E-state index >= 15 is 0 Å². The second-order valence-electron chi connectivity index (χ2n) is 3.46. The Kier molecular flexibility index (Phi) is 8.39. The van der Waals surface area contributed by atoms with Crippen molar-refractivity contribution in [1.29, 1.82) is 0 Å². The minimum absolute atomic E-state index is 0.463. The first-order valence-electron chi connectivity index (χ1n) is 4.74. The molecule has 0 N–H and O–H groups in total. The topological polar surface area (TPSA) is 18.5 Å². The Morgan fingerprint density at radius 2 is 2.00 bits per heavy atom. The summed E-state index contributed by atoms with van der Waals surface area (Å²) in [6, 6.07) is 0. The van der Waals surface area contributed by atoms with Crippen molar-refractivity contribution in [1.82, 2.24) is 0 Å². The highest BCUT2D eigenvalue weighted by atomic mass is 28.2. The van der Waals surface area contributed by atoms with Gasteiger partial charge in [0.25, 0.3) is 0 Å². The van der Waals surface area contributed by atoms with Crippen LogP contribution in [0.1, 0.15) is 20.8 Å². The highest BCUT2D eigenvalue weighted by molar-refractivity contribution is 6.30. The molecule has 0 bridgehead atoms. The van der Waals surface area contributed by atoms with Crippen molar-refractivity contribution in [2.75, 3.05) is 19.8 Å². The summed E-state index contributed by atoms with van der Waals surface area (Å²) in [6.07, 6.45) is 1.91. The molecule has 0 heterocycles. The number of hydrogen-bond donors (Lipinski definition) is 0. The Hall–Kier alpha value is -0.123. The van der Waals surface area contributed by atoms with Crippen molar-refractivity contribution >= 4 is 9.76 Å². The molecular weight excluding hydrogens is 180 g/mol. The number of hydrogen-bond acceptors (Lipinski definition) is 2. The van der Waals surface area contributed by atoms with Crippen LogP contribution in [0.15, 0.2) is 12.7 Å². The van der Waals surface area contributed by atoms with Crippen LogP contribution in [-0.2, 0) is 9.16 Å². The third kappa shape index (κ3) is 9.79. The Morgan fingerprint density at radius 3 is 2.54 bits per heavy atom. The van der Waals surface area contributed by atoms with E-state index in [0.29, 0.717) is 34.4 Å². The number of rotatable bonds is 8. The number of allylic oxidation sites excluding steroid dienone is 1. The molecule has 0 aliphatic heterocycles. The average Bonchev–Trinajstić information content (AvgIpc) is 2.10. The van der Waals surface area contributed by atoms with Crippen molar-refractivity contribution in [2.24, 2.45) is 5.92 Å². The van der Waals surface area contributed by atoms with E-state index in [9.17, 15) is 0 Å². The maximum absolute atomic E-state index is 5.40. The molecule has 2 nitrogen and oxygen atoms in total. The molecule has 0 aliphatic carbocycles. The average molecular weight is 200 g/mol. The van der Waals surface area contributed by atoms with Crippen LogP contribution in [0.5, 0.6) is 0 Å². The van der Waals surface area contributed by atoms with Gasteiger partial charge in [-0.2, -0.15) is 0 Å². The number of ether oxygens (including phenoxy) is 1. The monoisotopic (exact) mass is 200 g/mol. The second kappa shape index (κ2) is 8.47. The first-order chi connectivity index (χ1) is 6.16. The van der Waals surface area contributed by atoms with Crippen LogP contribution in [-0.4, -0.2) is 29.6 Å². The molecule has 0 spiro atoms. The quantitative estimate of drug-likeness (QED) is 0.340. The fraction of sp³-hybridized carbons (Fsp3) is 0.800. The Bertz CT molecular complexity index is 126. The van der Waals surface area contributed by atoms with Gasteiger partial charge in [0.2, 0.25) is 9.76 Å². The minimum atomic E-state index is 0.463. The van der Waals surface area contributed by atoms with E-state index in [0.717, 1.165) is 6.61 Å². The zero-order valence-corrected chi connectivity index (χ0v) is 9.88. The predicted molar refractivity (Wildman–Crippen MR) is 57.0 cm³/mol. The molecule has 3 heteroatoms. The SMILES string of the molecule is C=CC(C)[Si]OCCOCC(C)C. The van der Waals surface area contributed by atoms with Crippen LogP contribution < -0.4 is 0 Å². The summed E-state index contributed by atoms with van der Waals surface area (Å²) >= 11 is 0. The molecule has 76 valence electrons. The van der Waals surface area contributed by atoms with Crippen LogP contribution in [0.25, 0.3) is 0 Å². The molecule has 0 amide bonds. The van der Waals surface area contributed by atoms with Crippen molar-refractivity contribution in [3.05, 3.63) is 12.7 Å². The van der Waals surface area contributed by atoms with Gasteiger partial charge in [-0.25, -0.2) is 0 Å². The molecule has 2 radical (unpaired) electrons.